The van der Waals surface area contributed by atoms with Crippen molar-refractivity contribution in [3.63, 3.8) is 0 Å². The Labute approximate surface area is 282 Å². The number of aliphatic hydroxyl groups excluding tert-OH is 1. The maximum Gasteiger partial charge on any atom is 0.243 e. The van der Waals surface area contributed by atoms with Gasteiger partial charge >= 0.3 is 0 Å². The Morgan fingerprint density at radius 1 is 0.792 bits per heavy atom. The fourth-order valence-electron chi connectivity index (χ4n) is 5.48. The number of likely N-dealkylation sites (tertiary alicyclic amines) is 1. The van der Waals surface area contributed by atoms with Gasteiger partial charge in [0.1, 0.15) is 30.2 Å². The lowest BCUT2D eigenvalue weighted by atomic mass is 9.99. The number of aliphatic hydroxyl groups is 1. The van der Waals surface area contributed by atoms with Crippen molar-refractivity contribution in [2.24, 2.45) is 23.3 Å². The van der Waals surface area contributed by atoms with E-state index in [0.717, 1.165) is 12.0 Å². The molecule has 0 aromatic heterocycles. The second kappa shape index (κ2) is 19.1. The van der Waals surface area contributed by atoms with E-state index in [9.17, 15) is 28.8 Å². The summed E-state index contributed by atoms with van der Waals surface area (Å²) in [6, 6.07) is 3.62. The molecular weight excluding hydrogens is 620 g/mol. The van der Waals surface area contributed by atoms with E-state index in [-0.39, 0.29) is 17.7 Å². The van der Waals surface area contributed by atoms with Crippen LogP contribution >= 0.6 is 0 Å². The van der Waals surface area contributed by atoms with Crippen LogP contribution in [0.3, 0.4) is 0 Å². The number of benzene rings is 1. The average molecular weight is 675 g/mol. The maximum atomic E-state index is 13.6. The summed E-state index contributed by atoms with van der Waals surface area (Å²) in [5.74, 6) is -3.73. The molecule has 1 aromatic rings. The summed E-state index contributed by atoms with van der Waals surface area (Å²) in [6.45, 7) is 10.4. The largest absolute Gasteiger partial charge is 0.394 e. The predicted molar refractivity (Wildman–Crippen MR) is 180 cm³/mol. The van der Waals surface area contributed by atoms with Crippen molar-refractivity contribution >= 4 is 35.4 Å². The number of carbonyl (C=O) groups is 6. The van der Waals surface area contributed by atoms with Gasteiger partial charge in [-0.2, -0.15) is 0 Å². The van der Waals surface area contributed by atoms with Crippen molar-refractivity contribution in [2.45, 2.75) is 103 Å². The molecule has 1 heterocycles. The van der Waals surface area contributed by atoms with Crippen molar-refractivity contribution in [3.8, 4) is 0 Å². The van der Waals surface area contributed by atoms with Gasteiger partial charge in [0.05, 0.1) is 12.6 Å². The zero-order valence-corrected chi connectivity index (χ0v) is 28.8. The zero-order chi connectivity index (χ0) is 36.1. The molecule has 0 bridgehead atoms. The highest BCUT2D eigenvalue weighted by Crippen LogP contribution is 2.20. The lowest BCUT2D eigenvalue weighted by Crippen LogP contribution is -2.59. The quantitative estimate of drug-likeness (QED) is 0.0882. The molecule has 2 rings (SSSR count). The first-order valence-electron chi connectivity index (χ1n) is 16.5. The first kappa shape index (κ1) is 40.1. The van der Waals surface area contributed by atoms with E-state index in [4.69, 9.17) is 16.6 Å². The normalized spacial score (nSPS) is 18.6. The Kier molecular flexibility index (Phi) is 15.9. The molecule has 0 aliphatic carbocycles. The SMILES string of the molecule is CC(C)[C@H](NC(=O)[C@@H](NC(=O)[C@@H]1CCCN1C[C@H](Cc1ccccc1)NC(=O)[C@H](C)NC(=O)[C@H](C)NC(=O)[C@@H](N)CO)C(C)C)C(N)=O. The Bertz CT molecular complexity index is 1260. The van der Waals surface area contributed by atoms with E-state index in [1.807, 2.05) is 35.2 Å². The summed E-state index contributed by atoms with van der Waals surface area (Å²) >= 11 is 0. The Morgan fingerprint density at radius 3 is 1.90 bits per heavy atom. The number of primary amides is 1. The summed E-state index contributed by atoms with van der Waals surface area (Å²) < 4.78 is 0. The smallest absolute Gasteiger partial charge is 0.243 e. The molecule has 0 saturated carbocycles. The molecule has 7 atom stereocenters. The monoisotopic (exact) mass is 674 g/mol. The number of rotatable bonds is 18. The van der Waals surface area contributed by atoms with E-state index in [1.165, 1.54) is 13.8 Å². The third-order valence-corrected chi connectivity index (χ3v) is 8.35. The highest BCUT2D eigenvalue weighted by molar-refractivity contribution is 5.94. The van der Waals surface area contributed by atoms with Crippen LogP contribution in [0, 0.1) is 11.8 Å². The van der Waals surface area contributed by atoms with Crippen LogP contribution in [0.1, 0.15) is 59.9 Å². The van der Waals surface area contributed by atoms with Gasteiger partial charge in [0, 0.05) is 12.6 Å². The molecule has 268 valence electrons. The highest BCUT2D eigenvalue weighted by Gasteiger charge is 2.36. The topological polar surface area (TPSA) is 238 Å². The number of hydrogen-bond donors (Lipinski definition) is 8. The van der Waals surface area contributed by atoms with Gasteiger partial charge in [0.15, 0.2) is 0 Å². The number of nitrogens with zero attached hydrogens (tertiary/aromatic N) is 1. The van der Waals surface area contributed by atoms with E-state index >= 15 is 0 Å². The van der Waals surface area contributed by atoms with Crippen LogP contribution in [0.4, 0.5) is 0 Å². The van der Waals surface area contributed by atoms with Crippen LogP contribution in [0.2, 0.25) is 0 Å². The molecule has 1 aliphatic heterocycles. The summed E-state index contributed by atoms with van der Waals surface area (Å²) in [5, 5.41) is 22.6. The van der Waals surface area contributed by atoms with Crippen molar-refractivity contribution in [1.29, 1.82) is 0 Å². The molecule has 1 aliphatic rings. The number of carbonyl (C=O) groups excluding carboxylic acids is 6. The predicted octanol–water partition coefficient (Wildman–Crippen LogP) is -1.73. The van der Waals surface area contributed by atoms with Gasteiger partial charge in [-0.1, -0.05) is 58.0 Å². The summed E-state index contributed by atoms with van der Waals surface area (Å²) in [7, 11) is 0. The van der Waals surface area contributed by atoms with Crippen molar-refractivity contribution < 1.29 is 33.9 Å². The first-order chi connectivity index (χ1) is 22.5. The number of amides is 6. The van der Waals surface area contributed by atoms with Crippen molar-refractivity contribution in [3.05, 3.63) is 35.9 Å². The minimum atomic E-state index is -1.18. The Morgan fingerprint density at radius 2 is 1.35 bits per heavy atom. The fraction of sp³-hybridized carbons (Fsp3) is 0.636. The summed E-state index contributed by atoms with van der Waals surface area (Å²) in [5.41, 5.74) is 11.9. The van der Waals surface area contributed by atoms with Crippen LogP contribution in [0.5, 0.6) is 0 Å². The van der Waals surface area contributed by atoms with E-state index in [0.29, 0.717) is 25.9 Å². The summed E-state index contributed by atoms with van der Waals surface area (Å²) in [4.78, 5) is 78.6. The van der Waals surface area contributed by atoms with Crippen LogP contribution in [0.25, 0.3) is 0 Å². The molecule has 0 spiro atoms. The standard InChI is InChI=1S/C33H54N8O7/c1-18(2)26(28(35)43)39-33(48)27(19(3)4)40-32(47)25-13-10-14-41(25)16-23(15-22-11-8-7-9-12-22)38-30(45)21(6)36-29(44)20(5)37-31(46)24(34)17-42/h7-9,11-12,18-21,23-27,42H,10,13-17,34H2,1-6H3,(H2,35,43)(H,36,44)(H,37,46)(H,38,45)(H,39,48)(H,40,47)/t20-,21-,23-,24-,25-,26-,27-/m0/s1. The molecule has 1 fully saturated rings. The lowest BCUT2D eigenvalue weighted by Gasteiger charge is -2.31. The fourth-order valence-corrected chi connectivity index (χ4v) is 5.48. The van der Waals surface area contributed by atoms with Crippen LogP contribution < -0.4 is 38.1 Å². The van der Waals surface area contributed by atoms with Crippen LogP contribution in [-0.2, 0) is 35.2 Å². The molecule has 48 heavy (non-hydrogen) atoms. The zero-order valence-electron chi connectivity index (χ0n) is 28.8. The van der Waals surface area contributed by atoms with Gasteiger partial charge in [0.2, 0.25) is 35.4 Å². The van der Waals surface area contributed by atoms with Gasteiger partial charge in [-0.15, -0.1) is 0 Å². The van der Waals surface area contributed by atoms with Gasteiger partial charge in [-0.25, -0.2) is 0 Å². The van der Waals surface area contributed by atoms with Gasteiger partial charge < -0.3 is 43.2 Å². The molecular formula is C33H54N8O7. The maximum absolute atomic E-state index is 13.6. The second-order valence-electron chi connectivity index (χ2n) is 13.2. The number of hydrogen-bond acceptors (Lipinski definition) is 9. The third kappa shape index (κ3) is 12.2. The first-order valence-corrected chi connectivity index (χ1v) is 16.5. The van der Waals surface area contributed by atoms with Crippen molar-refractivity contribution in [2.75, 3.05) is 19.7 Å². The molecule has 1 aromatic carbocycles. The van der Waals surface area contributed by atoms with E-state index in [1.54, 1.807) is 27.7 Å². The minimum Gasteiger partial charge on any atom is -0.394 e. The Balaban J connectivity index is 2.14. The van der Waals surface area contributed by atoms with Crippen LogP contribution in [-0.4, -0.2) is 107 Å². The molecule has 1 saturated heterocycles. The van der Waals surface area contributed by atoms with Crippen molar-refractivity contribution in [1.82, 2.24) is 31.5 Å². The molecule has 15 heteroatoms. The molecule has 15 nitrogen and oxygen atoms in total. The molecule has 10 N–H and O–H groups in total. The third-order valence-electron chi connectivity index (χ3n) is 8.35. The van der Waals surface area contributed by atoms with Gasteiger partial charge in [0.25, 0.3) is 0 Å². The lowest BCUT2D eigenvalue weighted by molar-refractivity contribution is -0.134. The molecule has 6 amide bonds. The van der Waals surface area contributed by atoms with E-state index < -0.39 is 78.4 Å². The number of nitrogens with two attached hydrogens (primary N) is 2. The molecule has 0 unspecified atom stereocenters. The Hall–Kier alpha value is -4.08. The highest BCUT2D eigenvalue weighted by atomic mass is 16.3. The summed E-state index contributed by atoms with van der Waals surface area (Å²) in [6.07, 6.45) is 1.73. The minimum absolute atomic E-state index is 0.229. The van der Waals surface area contributed by atoms with E-state index in [2.05, 4.69) is 26.6 Å². The average Bonchev–Trinajstić information content (AvgIpc) is 3.49. The van der Waals surface area contributed by atoms with Gasteiger partial charge in [-0.05, 0) is 57.1 Å². The molecule has 0 radical (unpaired) electrons. The van der Waals surface area contributed by atoms with Gasteiger partial charge in [-0.3, -0.25) is 33.7 Å². The van der Waals surface area contributed by atoms with Crippen LogP contribution in [0.15, 0.2) is 30.3 Å². The number of nitrogens with one attached hydrogen (secondary N) is 5. The second-order valence-corrected chi connectivity index (χ2v) is 13.2.